The first-order valence-corrected chi connectivity index (χ1v) is 7.64. The van der Waals surface area contributed by atoms with Gasteiger partial charge >= 0.3 is 0 Å². The number of hydrogen-bond acceptors (Lipinski definition) is 4. The Hall–Kier alpha value is -0.710. The van der Waals surface area contributed by atoms with Gasteiger partial charge in [0.15, 0.2) is 5.78 Å². The van der Waals surface area contributed by atoms with E-state index in [2.05, 4.69) is 11.4 Å². The van der Waals surface area contributed by atoms with E-state index in [1.54, 1.807) is 22.7 Å². The van der Waals surface area contributed by atoms with Crippen LogP contribution in [0.2, 0.25) is 0 Å². The Bertz CT molecular complexity index is 492. The molecular formula is C13H14O2S2. The van der Waals surface area contributed by atoms with Gasteiger partial charge in [-0.25, -0.2) is 0 Å². The number of rotatable bonds is 4. The van der Waals surface area contributed by atoms with Crippen molar-refractivity contribution in [2.75, 3.05) is 6.61 Å². The zero-order chi connectivity index (χ0) is 11.7. The molecule has 1 aliphatic rings. The average Bonchev–Trinajstić information content (AvgIpc) is 3.01. The standard InChI is InChI=1S/C13H14O2S2/c14-10(4-3-9-2-1-6-15-9)12-8-13-11(17-12)5-7-16-13/h5,7-9H,1-4,6H2. The van der Waals surface area contributed by atoms with E-state index in [4.69, 9.17) is 4.74 Å². The molecule has 0 radical (unpaired) electrons. The van der Waals surface area contributed by atoms with Gasteiger partial charge in [0.2, 0.25) is 0 Å². The molecule has 2 aromatic rings. The Balaban J connectivity index is 1.63. The second-order valence-electron chi connectivity index (χ2n) is 4.36. The van der Waals surface area contributed by atoms with Crippen molar-refractivity contribution < 1.29 is 9.53 Å². The highest BCUT2D eigenvalue weighted by Gasteiger charge is 2.18. The number of ether oxygens (including phenoxy) is 1. The molecular weight excluding hydrogens is 252 g/mol. The minimum Gasteiger partial charge on any atom is -0.378 e. The first-order chi connectivity index (χ1) is 8.33. The summed E-state index contributed by atoms with van der Waals surface area (Å²) in [5.74, 6) is 0.272. The van der Waals surface area contributed by atoms with Gasteiger partial charge in [-0.05, 0) is 36.8 Å². The quantitative estimate of drug-likeness (QED) is 0.779. The summed E-state index contributed by atoms with van der Waals surface area (Å²) in [6.07, 6.45) is 4.09. The third-order valence-corrected chi connectivity index (χ3v) is 5.27. The van der Waals surface area contributed by atoms with Gasteiger partial charge in [-0.2, -0.15) is 0 Å². The fraction of sp³-hybridized carbons (Fsp3) is 0.462. The fourth-order valence-corrected chi connectivity index (χ4v) is 4.27. The van der Waals surface area contributed by atoms with Crippen molar-refractivity contribution >= 4 is 37.9 Å². The third-order valence-electron chi connectivity index (χ3n) is 3.13. The fourth-order valence-electron chi connectivity index (χ4n) is 2.19. The molecule has 3 rings (SSSR count). The molecule has 1 fully saturated rings. The van der Waals surface area contributed by atoms with Gasteiger partial charge in [-0.3, -0.25) is 4.79 Å². The molecule has 0 N–H and O–H groups in total. The smallest absolute Gasteiger partial charge is 0.172 e. The highest BCUT2D eigenvalue weighted by molar-refractivity contribution is 7.27. The molecule has 0 spiro atoms. The molecule has 4 heteroatoms. The van der Waals surface area contributed by atoms with E-state index in [1.807, 2.05) is 6.07 Å². The third kappa shape index (κ3) is 2.44. The summed E-state index contributed by atoms with van der Waals surface area (Å²) in [6.45, 7) is 0.869. The van der Waals surface area contributed by atoms with Crippen LogP contribution < -0.4 is 0 Å². The van der Waals surface area contributed by atoms with Gasteiger partial charge in [0.25, 0.3) is 0 Å². The molecule has 0 bridgehead atoms. The van der Waals surface area contributed by atoms with Crippen LogP contribution in [0.25, 0.3) is 9.40 Å². The van der Waals surface area contributed by atoms with Crippen molar-refractivity contribution in [3.8, 4) is 0 Å². The Morgan fingerprint density at radius 1 is 1.47 bits per heavy atom. The molecule has 3 heterocycles. The minimum absolute atomic E-state index is 0.272. The predicted molar refractivity (Wildman–Crippen MR) is 72.2 cm³/mol. The summed E-state index contributed by atoms with van der Waals surface area (Å²) in [6, 6.07) is 4.12. The SMILES string of the molecule is O=C(CCC1CCCO1)c1cc2sccc2s1. The second kappa shape index (κ2) is 4.88. The van der Waals surface area contributed by atoms with E-state index < -0.39 is 0 Å². The number of carbonyl (C=O) groups is 1. The molecule has 0 amide bonds. The van der Waals surface area contributed by atoms with Crippen LogP contribution >= 0.6 is 22.7 Å². The number of hydrogen-bond donors (Lipinski definition) is 0. The zero-order valence-corrected chi connectivity index (χ0v) is 11.1. The normalized spacial score (nSPS) is 20.1. The molecule has 1 saturated heterocycles. The van der Waals surface area contributed by atoms with E-state index in [9.17, 15) is 4.79 Å². The summed E-state index contributed by atoms with van der Waals surface area (Å²) in [4.78, 5) is 12.9. The van der Waals surface area contributed by atoms with Crippen molar-refractivity contribution in [1.82, 2.24) is 0 Å². The highest BCUT2D eigenvalue weighted by atomic mass is 32.1. The Kier molecular flexibility index (Phi) is 3.27. The maximum atomic E-state index is 12.0. The molecule has 1 unspecified atom stereocenters. The number of carbonyl (C=O) groups excluding carboxylic acids is 1. The van der Waals surface area contributed by atoms with E-state index >= 15 is 0 Å². The summed E-state index contributed by atoms with van der Waals surface area (Å²) >= 11 is 3.32. The minimum atomic E-state index is 0.272. The van der Waals surface area contributed by atoms with E-state index in [0.717, 1.165) is 30.7 Å². The lowest BCUT2D eigenvalue weighted by atomic mass is 10.1. The second-order valence-corrected chi connectivity index (χ2v) is 6.39. The lowest BCUT2D eigenvalue weighted by molar-refractivity contribution is 0.0862. The lowest BCUT2D eigenvalue weighted by Crippen LogP contribution is -2.08. The Morgan fingerprint density at radius 2 is 2.41 bits per heavy atom. The maximum absolute atomic E-state index is 12.0. The predicted octanol–water partition coefficient (Wildman–Crippen LogP) is 4.10. The van der Waals surface area contributed by atoms with Crippen LogP contribution in [-0.2, 0) is 4.74 Å². The van der Waals surface area contributed by atoms with Crippen LogP contribution in [0.5, 0.6) is 0 Å². The van der Waals surface area contributed by atoms with Gasteiger partial charge < -0.3 is 4.74 Å². The van der Waals surface area contributed by atoms with Crippen LogP contribution in [0.4, 0.5) is 0 Å². The first-order valence-electron chi connectivity index (χ1n) is 5.95. The molecule has 2 aromatic heterocycles. The largest absolute Gasteiger partial charge is 0.378 e. The molecule has 17 heavy (non-hydrogen) atoms. The van der Waals surface area contributed by atoms with Crippen molar-refractivity contribution in [3.05, 3.63) is 22.4 Å². The summed E-state index contributed by atoms with van der Waals surface area (Å²) in [5, 5.41) is 2.07. The average molecular weight is 266 g/mol. The van der Waals surface area contributed by atoms with Gasteiger partial charge in [-0.15, -0.1) is 22.7 Å². The van der Waals surface area contributed by atoms with Crippen molar-refractivity contribution in [1.29, 1.82) is 0 Å². The maximum Gasteiger partial charge on any atom is 0.172 e. The van der Waals surface area contributed by atoms with Crippen LogP contribution in [0.15, 0.2) is 17.5 Å². The van der Waals surface area contributed by atoms with Crippen LogP contribution in [0, 0.1) is 0 Å². The summed E-state index contributed by atoms with van der Waals surface area (Å²) < 4.78 is 8.00. The summed E-state index contributed by atoms with van der Waals surface area (Å²) in [7, 11) is 0. The first kappa shape index (κ1) is 11.4. The zero-order valence-electron chi connectivity index (χ0n) is 9.48. The highest BCUT2D eigenvalue weighted by Crippen LogP contribution is 2.31. The number of ketones is 1. The Labute approximate surface area is 108 Å². The van der Waals surface area contributed by atoms with E-state index in [1.165, 1.54) is 9.40 Å². The van der Waals surface area contributed by atoms with Crippen molar-refractivity contribution in [2.45, 2.75) is 31.8 Å². The van der Waals surface area contributed by atoms with Crippen LogP contribution in [0.3, 0.4) is 0 Å². The number of thiophene rings is 2. The summed E-state index contributed by atoms with van der Waals surface area (Å²) in [5.41, 5.74) is 0. The molecule has 1 aliphatic heterocycles. The van der Waals surface area contributed by atoms with E-state index in [-0.39, 0.29) is 5.78 Å². The van der Waals surface area contributed by atoms with Gasteiger partial charge in [-0.1, -0.05) is 0 Å². The lowest BCUT2D eigenvalue weighted by Gasteiger charge is -2.06. The Morgan fingerprint density at radius 3 is 3.18 bits per heavy atom. The number of fused-ring (bicyclic) bond motifs is 1. The molecule has 1 atom stereocenters. The van der Waals surface area contributed by atoms with Gasteiger partial charge in [0, 0.05) is 22.4 Å². The molecule has 0 saturated carbocycles. The number of Topliss-reactive ketones (excluding diaryl/α,β-unsaturated/α-hetero) is 1. The van der Waals surface area contributed by atoms with Gasteiger partial charge in [0.05, 0.1) is 11.0 Å². The molecule has 2 nitrogen and oxygen atoms in total. The van der Waals surface area contributed by atoms with E-state index in [0.29, 0.717) is 12.5 Å². The molecule has 0 aliphatic carbocycles. The monoisotopic (exact) mass is 266 g/mol. The van der Waals surface area contributed by atoms with Crippen molar-refractivity contribution in [2.24, 2.45) is 0 Å². The van der Waals surface area contributed by atoms with Crippen molar-refractivity contribution in [3.63, 3.8) is 0 Å². The van der Waals surface area contributed by atoms with Gasteiger partial charge in [0.1, 0.15) is 0 Å². The molecule has 0 aromatic carbocycles. The topological polar surface area (TPSA) is 26.3 Å². The van der Waals surface area contributed by atoms with Crippen LogP contribution in [0.1, 0.15) is 35.4 Å². The molecule has 90 valence electrons. The van der Waals surface area contributed by atoms with Crippen LogP contribution in [-0.4, -0.2) is 18.5 Å².